The summed E-state index contributed by atoms with van der Waals surface area (Å²) in [4.78, 5) is 15.2. The minimum atomic E-state index is -1.75. The number of ether oxygens (including phenoxy) is 1. The number of carbonyl (C=O) groups excluding carboxylic acids is 1. The summed E-state index contributed by atoms with van der Waals surface area (Å²) in [5.41, 5.74) is 0.775. The summed E-state index contributed by atoms with van der Waals surface area (Å²) in [7, 11) is -1.75. The lowest BCUT2D eigenvalue weighted by Crippen LogP contribution is -2.44. The Balaban J connectivity index is 2.08. The number of hydrogen-bond donors (Lipinski definition) is 0. The summed E-state index contributed by atoms with van der Waals surface area (Å²) in [6.45, 7) is 18.8. The molecule has 1 aliphatic heterocycles. The molecule has 4 nitrogen and oxygen atoms in total. The van der Waals surface area contributed by atoms with Crippen molar-refractivity contribution in [2.45, 2.75) is 103 Å². The average Bonchev–Trinajstić information content (AvgIpc) is 2.96. The molecular weight excluding hydrogens is 378 g/mol. The average molecular weight is 420 g/mol. The van der Waals surface area contributed by atoms with Crippen LogP contribution in [0.3, 0.4) is 0 Å². The van der Waals surface area contributed by atoms with Gasteiger partial charge in [0.1, 0.15) is 11.6 Å². The Morgan fingerprint density at radius 1 is 1.07 bits per heavy atom. The number of esters is 1. The lowest BCUT2D eigenvalue weighted by atomic mass is 10.1. The molecule has 1 aliphatic rings. The van der Waals surface area contributed by atoms with Crippen LogP contribution in [0.5, 0.6) is 0 Å². The molecule has 0 unspecified atom stereocenters. The van der Waals surface area contributed by atoms with Gasteiger partial charge in [0.05, 0.1) is 0 Å². The van der Waals surface area contributed by atoms with Crippen molar-refractivity contribution in [3.8, 4) is 0 Å². The summed E-state index contributed by atoms with van der Waals surface area (Å²) in [5, 5.41) is 0.214. The van der Waals surface area contributed by atoms with Gasteiger partial charge >= 0.3 is 5.97 Å². The molecule has 29 heavy (non-hydrogen) atoms. The number of likely N-dealkylation sites (tertiary alicyclic amines) is 1. The zero-order valence-corrected chi connectivity index (χ0v) is 20.7. The van der Waals surface area contributed by atoms with E-state index in [4.69, 9.17) is 9.16 Å². The number of carbonyl (C=O) groups is 1. The highest BCUT2D eigenvalue weighted by Crippen LogP contribution is 2.37. The zero-order valence-electron chi connectivity index (χ0n) is 19.7. The number of hydrogen-bond acceptors (Lipinski definition) is 4. The third kappa shape index (κ3) is 6.94. The highest BCUT2D eigenvalue weighted by atomic mass is 28.4. The van der Waals surface area contributed by atoms with Crippen LogP contribution in [0.1, 0.15) is 66.4 Å². The van der Waals surface area contributed by atoms with Crippen LogP contribution in [0.2, 0.25) is 18.1 Å². The van der Waals surface area contributed by atoms with Crippen molar-refractivity contribution < 1.29 is 14.0 Å². The van der Waals surface area contributed by atoms with E-state index in [9.17, 15) is 4.79 Å². The molecule has 0 spiro atoms. The van der Waals surface area contributed by atoms with Crippen LogP contribution in [0.25, 0.3) is 0 Å². The van der Waals surface area contributed by atoms with E-state index in [0.29, 0.717) is 6.04 Å². The molecule has 0 aromatic heterocycles. The molecule has 0 amide bonds. The molecule has 164 valence electrons. The van der Waals surface area contributed by atoms with Crippen LogP contribution in [0, 0.1) is 0 Å². The fourth-order valence-corrected chi connectivity index (χ4v) is 4.63. The summed E-state index contributed by atoms with van der Waals surface area (Å²) < 4.78 is 12.2. The van der Waals surface area contributed by atoms with Crippen molar-refractivity contribution >= 4 is 14.3 Å². The van der Waals surface area contributed by atoms with E-state index in [-0.39, 0.29) is 17.0 Å². The van der Waals surface area contributed by atoms with Crippen LogP contribution >= 0.6 is 0 Å². The molecule has 0 aliphatic carbocycles. The van der Waals surface area contributed by atoms with Crippen LogP contribution in [-0.4, -0.2) is 43.5 Å². The minimum absolute atomic E-state index is 0.0961. The minimum Gasteiger partial charge on any atom is -0.459 e. The van der Waals surface area contributed by atoms with E-state index in [0.717, 1.165) is 32.4 Å². The van der Waals surface area contributed by atoms with Crippen molar-refractivity contribution in [1.29, 1.82) is 0 Å². The third-order valence-corrected chi connectivity index (χ3v) is 10.8. The van der Waals surface area contributed by atoms with Gasteiger partial charge in [-0.2, -0.15) is 0 Å². The van der Waals surface area contributed by atoms with Crippen molar-refractivity contribution in [3.05, 3.63) is 35.9 Å². The Kier molecular flexibility index (Phi) is 7.74. The number of rotatable bonds is 7. The molecule has 0 N–H and O–H groups in total. The molecule has 2 atom stereocenters. The SMILES string of the molecule is CC(C)(C)OC(=O)[C@@H]1CC[C@H](CCO[Si](C)(C)C(C)(C)C)N1Cc1ccccc1. The van der Waals surface area contributed by atoms with Crippen molar-refractivity contribution in [1.82, 2.24) is 4.90 Å². The van der Waals surface area contributed by atoms with E-state index in [1.54, 1.807) is 0 Å². The normalized spacial score (nSPS) is 21.4. The smallest absolute Gasteiger partial charge is 0.323 e. The van der Waals surface area contributed by atoms with E-state index in [1.165, 1.54) is 5.56 Å². The maximum atomic E-state index is 12.9. The van der Waals surface area contributed by atoms with Crippen LogP contribution in [-0.2, 0) is 20.5 Å². The molecule has 1 heterocycles. The molecule has 1 aromatic carbocycles. The monoisotopic (exact) mass is 419 g/mol. The Labute approximate surface area is 179 Å². The molecule has 0 radical (unpaired) electrons. The van der Waals surface area contributed by atoms with Gasteiger partial charge in [0.15, 0.2) is 8.32 Å². The van der Waals surface area contributed by atoms with Crippen LogP contribution in [0.4, 0.5) is 0 Å². The molecule has 1 saturated heterocycles. The molecule has 1 aromatic rings. The first-order chi connectivity index (χ1) is 13.3. The fraction of sp³-hybridized carbons (Fsp3) is 0.708. The van der Waals surface area contributed by atoms with Gasteiger partial charge in [0, 0.05) is 19.2 Å². The Bertz CT molecular complexity index is 661. The first kappa shape index (κ1) is 24.1. The fourth-order valence-electron chi connectivity index (χ4n) is 3.57. The second kappa shape index (κ2) is 9.32. The van der Waals surface area contributed by atoms with Gasteiger partial charge in [-0.1, -0.05) is 51.1 Å². The Morgan fingerprint density at radius 3 is 2.24 bits per heavy atom. The predicted octanol–water partition coefficient (Wildman–Crippen LogP) is 5.77. The van der Waals surface area contributed by atoms with Crippen LogP contribution < -0.4 is 0 Å². The highest BCUT2D eigenvalue weighted by molar-refractivity contribution is 6.74. The summed E-state index contributed by atoms with van der Waals surface area (Å²) in [6, 6.07) is 10.6. The quantitative estimate of drug-likeness (QED) is 0.415. The third-order valence-electron chi connectivity index (χ3n) is 6.25. The van der Waals surface area contributed by atoms with Gasteiger partial charge in [0.2, 0.25) is 0 Å². The molecule has 5 heteroatoms. The standard InChI is InChI=1S/C24H41NO3Si/c1-23(2,3)28-22(26)21-15-14-20(16-17-27-29(7,8)24(4,5)6)25(21)18-19-12-10-9-11-13-19/h9-13,20-21H,14-18H2,1-8H3/t20-,21+/m1/s1. The molecular formula is C24H41NO3Si. The maximum Gasteiger partial charge on any atom is 0.323 e. The van der Waals surface area contributed by atoms with Gasteiger partial charge in [-0.15, -0.1) is 0 Å². The zero-order chi connectivity index (χ0) is 21.9. The van der Waals surface area contributed by atoms with E-state index in [2.05, 4.69) is 63.0 Å². The largest absolute Gasteiger partial charge is 0.459 e. The topological polar surface area (TPSA) is 38.8 Å². The van der Waals surface area contributed by atoms with E-state index < -0.39 is 13.9 Å². The predicted molar refractivity (Wildman–Crippen MR) is 122 cm³/mol. The molecule has 1 fully saturated rings. The summed E-state index contributed by atoms with van der Waals surface area (Å²) in [6.07, 6.45) is 2.82. The lowest BCUT2D eigenvalue weighted by molar-refractivity contribution is -0.161. The summed E-state index contributed by atoms with van der Waals surface area (Å²) >= 11 is 0. The second-order valence-electron chi connectivity index (χ2n) is 10.8. The van der Waals surface area contributed by atoms with Gasteiger partial charge in [-0.25, -0.2) is 0 Å². The second-order valence-corrected chi connectivity index (χ2v) is 15.6. The van der Waals surface area contributed by atoms with Gasteiger partial charge in [0.25, 0.3) is 0 Å². The van der Waals surface area contributed by atoms with E-state index in [1.807, 2.05) is 26.8 Å². The Hall–Kier alpha value is -1.17. The molecule has 2 rings (SSSR count). The highest BCUT2D eigenvalue weighted by Gasteiger charge is 2.41. The van der Waals surface area contributed by atoms with Gasteiger partial charge in [-0.05, 0) is 63.7 Å². The lowest BCUT2D eigenvalue weighted by Gasteiger charge is -2.37. The summed E-state index contributed by atoms with van der Waals surface area (Å²) in [5.74, 6) is -0.0961. The van der Waals surface area contributed by atoms with Crippen molar-refractivity contribution in [2.75, 3.05) is 6.61 Å². The van der Waals surface area contributed by atoms with Gasteiger partial charge in [-0.3, -0.25) is 9.69 Å². The van der Waals surface area contributed by atoms with E-state index >= 15 is 0 Å². The van der Waals surface area contributed by atoms with Crippen molar-refractivity contribution in [2.24, 2.45) is 0 Å². The van der Waals surface area contributed by atoms with Crippen LogP contribution in [0.15, 0.2) is 30.3 Å². The van der Waals surface area contributed by atoms with Gasteiger partial charge < -0.3 is 9.16 Å². The number of nitrogens with zero attached hydrogens (tertiary/aromatic N) is 1. The maximum absolute atomic E-state index is 12.9. The first-order valence-corrected chi connectivity index (χ1v) is 13.9. The molecule has 0 saturated carbocycles. The van der Waals surface area contributed by atoms with Crippen molar-refractivity contribution in [3.63, 3.8) is 0 Å². The first-order valence-electron chi connectivity index (χ1n) is 11.0. The Morgan fingerprint density at radius 2 is 1.69 bits per heavy atom. The number of benzene rings is 1. The molecule has 0 bridgehead atoms.